The minimum atomic E-state index is 0.357. The lowest BCUT2D eigenvalue weighted by atomic mass is 9.98. The van der Waals surface area contributed by atoms with Crippen molar-refractivity contribution < 1.29 is 9.47 Å². The first-order chi connectivity index (χ1) is 7.24. The number of benzene rings is 1. The van der Waals surface area contributed by atoms with Gasteiger partial charge in [0.1, 0.15) is 0 Å². The molecule has 3 nitrogen and oxygen atoms in total. The summed E-state index contributed by atoms with van der Waals surface area (Å²) in [6.07, 6.45) is 2.87. The highest BCUT2D eigenvalue weighted by Crippen LogP contribution is 2.31. The van der Waals surface area contributed by atoms with Gasteiger partial charge in [-0.05, 0) is 36.6 Å². The van der Waals surface area contributed by atoms with E-state index in [-0.39, 0.29) is 0 Å². The smallest absolute Gasteiger partial charge is 0.161 e. The molecule has 15 heavy (non-hydrogen) atoms. The van der Waals surface area contributed by atoms with E-state index in [9.17, 15) is 0 Å². The second-order valence-corrected chi connectivity index (χ2v) is 3.74. The van der Waals surface area contributed by atoms with Gasteiger partial charge in [-0.2, -0.15) is 0 Å². The van der Waals surface area contributed by atoms with Crippen LogP contribution in [0.25, 0.3) is 0 Å². The molecule has 0 amide bonds. The maximum Gasteiger partial charge on any atom is 0.161 e. The fourth-order valence-electron chi connectivity index (χ4n) is 1.81. The largest absolute Gasteiger partial charge is 0.493 e. The molecule has 0 fully saturated rings. The summed E-state index contributed by atoms with van der Waals surface area (Å²) in [5.74, 6) is 1.55. The number of hydrogen-bond donors (Lipinski definition) is 0. The van der Waals surface area contributed by atoms with E-state index < -0.39 is 0 Å². The number of aliphatic imine (C=N–C) groups is 1. The summed E-state index contributed by atoms with van der Waals surface area (Å²) in [6.45, 7) is 2.11. The molecule has 0 saturated carbocycles. The Labute approximate surface area is 89.7 Å². The molecule has 0 N–H and O–H groups in total. The average molecular weight is 205 g/mol. The average Bonchev–Trinajstić information content (AvgIpc) is 2.27. The van der Waals surface area contributed by atoms with Crippen molar-refractivity contribution in [2.75, 3.05) is 14.2 Å². The quantitative estimate of drug-likeness (QED) is 0.740. The molecule has 80 valence electrons. The molecule has 1 aliphatic rings. The number of fused-ring (bicyclic) bond motifs is 1. The molecule has 0 aromatic heterocycles. The predicted molar refractivity (Wildman–Crippen MR) is 60.3 cm³/mol. The molecule has 1 heterocycles. The van der Waals surface area contributed by atoms with Crippen LogP contribution < -0.4 is 9.47 Å². The molecule has 0 saturated heterocycles. The summed E-state index contributed by atoms with van der Waals surface area (Å²) in [4.78, 5) is 4.38. The highest BCUT2D eigenvalue weighted by atomic mass is 16.5. The van der Waals surface area contributed by atoms with Crippen LogP contribution in [0.2, 0.25) is 0 Å². The third-order valence-corrected chi connectivity index (χ3v) is 2.63. The fourth-order valence-corrected chi connectivity index (χ4v) is 1.81. The van der Waals surface area contributed by atoms with E-state index in [2.05, 4.69) is 11.9 Å². The van der Waals surface area contributed by atoms with E-state index in [1.54, 1.807) is 14.2 Å². The summed E-state index contributed by atoms with van der Waals surface area (Å²) in [7, 11) is 3.30. The van der Waals surface area contributed by atoms with Crippen LogP contribution in [-0.2, 0) is 6.42 Å². The lowest BCUT2D eigenvalue weighted by molar-refractivity contribution is 0.354. The summed E-state index contributed by atoms with van der Waals surface area (Å²) in [5, 5.41) is 0. The number of nitrogens with zero attached hydrogens (tertiary/aromatic N) is 1. The predicted octanol–water partition coefficient (Wildman–Crippen LogP) is 2.07. The lowest BCUT2D eigenvalue weighted by Crippen LogP contribution is -2.12. The van der Waals surface area contributed by atoms with Crippen LogP contribution in [0.15, 0.2) is 17.1 Å². The summed E-state index contributed by atoms with van der Waals surface area (Å²) >= 11 is 0. The van der Waals surface area contributed by atoms with Crippen molar-refractivity contribution in [3.63, 3.8) is 0 Å². The van der Waals surface area contributed by atoms with Gasteiger partial charge < -0.3 is 9.47 Å². The molecule has 1 aromatic carbocycles. The molecule has 0 spiro atoms. The van der Waals surface area contributed by atoms with Gasteiger partial charge in [0.15, 0.2) is 11.5 Å². The first-order valence-electron chi connectivity index (χ1n) is 5.02. The van der Waals surface area contributed by atoms with Gasteiger partial charge in [-0.15, -0.1) is 0 Å². The third kappa shape index (κ3) is 1.82. The normalized spacial score (nSPS) is 18.5. The van der Waals surface area contributed by atoms with Crippen molar-refractivity contribution in [2.45, 2.75) is 19.4 Å². The first kappa shape index (κ1) is 10.0. The van der Waals surface area contributed by atoms with Gasteiger partial charge in [0.25, 0.3) is 0 Å². The summed E-state index contributed by atoms with van der Waals surface area (Å²) in [5.41, 5.74) is 2.40. The van der Waals surface area contributed by atoms with Crippen LogP contribution in [0.3, 0.4) is 0 Å². The highest BCUT2D eigenvalue weighted by Gasteiger charge is 2.15. The Morgan fingerprint density at radius 1 is 1.20 bits per heavy atom. The van der Waals surface area contributed by atoms with Crippen LogP contribution >= 0.6 is 0 Å². The molecule has 0 aliphatic carbocycles. The van der Waals surface area contributed by atoms with Crippen LogP contribution in [0.4, 0.5) is 0 Å². The maximum atomic E-state index is 5.27. The first-order valence-corrected chi connectivity index (χ1v) is 5.02. The van der Waals surface area contributed by atoms with E-state index in [0.29, 0.717) is 6.04 Å². The number of methoxy groups -OCH3 is 2. The van der Waals surface area contributed by atoms with Crippen molar-refractivity contribution in [3.8, 4) is 11.5 Å². The fraction of sp³-hybridized carbons (Fsp3) is 0.417. The lowest BCUT2D eigenvalue weighted by Gasteiger charge is -2.17. The number of ether oxygens (including phenoxy) is 2. The van der Waals surface area contributed by atoms with Crippen LogP contribution in [0, 0.1) is 0 Å². The van der Waals surface area contributed by atoms with Gasteiger partial charge in [-0.3, -0.25) is 4.99 Å². The zero-order chi connectivity index (χ0) is 10.8. The Hall–Kier alpha value is -1.51. The summed E-state index contributed by atoms with van der Waals surface area (Å²) in [6, 6.07) is 4.37. The van der Waals surface area contributed by atoms with Crippen molar-refractivity contribution in [3.05, 3.63) is 23.3 Å². The second-order valence-electron chi connectivity index (χ2n) is 3.74. The van der Waals surface area contributed by atoms with Gasteiger partial charge in [-0.25, -0.2) is 0 Å². The molecule has 1 atom stereocenters. The molecule has 1 aromatic rings. The van der Waals surface area contributed by atoms with E-state index >= 15 is 0 Å². The molecule has 0 bridgehead atoms. The van der Waals surface area contributed by atoms with Crippen LogP contribution in [-0.4, -0.2) is 26.5 Å². The second kappa shape index (κ2) is 3.93. The molecule has 3 heteroatoms. The van der Waals surface area contributed by atoms with Gasteiger partial charge in [0.2, 0.25) is 0 Å². The van der Waals surface area contributed by atoms with Crippen molar-refractivity contribution in [1.29, 1.82) is 0 Å². The van der Waals surface area contributed by atoms with Gasteiger partial charge in [-0.1, -0.05) is 0 Å². The molecule has 2 rings (SSSR count). The highest BCUT2D eigenvalue weighted by molar-refractivity contribution is 5.84. The molecule has 0 radical (unpaired) electrons. The van der Waals surface area contributed by atoms with Crippen LogP contribution in [0.1, 0.15) is 18.1 Å². The maximum absolute atomic E-state index is 5.27. The SMILES string of the molecule is COc1cc2c(cc1OC)C[C@@H](C)N=C2. The Morgan fingerprint density at radius 2 is 1.87 bits per heavy atom. The Kier molecular flexibility index (Phi) is 2.62. The zero-order valence-electron chi connectivity index (χ0n) is 9.28. The third-order valence-electron chi connectivity index (χ3n) is 2.63. The monoisotopic (exact) mass is 205 g/mol. The minimum Gasteiger partial charge on any atom is -0.493 e. The minimum absolute atomic E-state index is 0.357. The van der Waals surface area contributed by atoms with Crippen molar-refractivity contribution in [1.82, 2.24) is 0 Å². The molecular weight excluding hydrogens is 190 g/mol. The zero-order valence-corrected chi connectivity index (χ0v) is 9.28. The standard InChI is InChI=1S/C12H15NO2/c1-8-4-9-5-11(14-2)12(15-3)6-10(9)7-13-8/h5-8H,4H2,1-3H3/t8-/m1/s1. The molecular formula is C12H15NO2. The topological polar surface area (TPSA) is 30.8 Å². The number of rotatable bonds is 2. The number of hydrogen-bond acceptors (Lipinski definition) is 3. The van der Waals surface area contributed by atoms with E-state index in [1.165, 1.54) is 5.56 Å². The Balaban J connectivity index is 2.47. The summed E-state index contributed by atoms with van der Waals surface area (Å²) < 4.78 is 10.5. The molecule has 0 unspecified atom stereocenters. The van der Waals surface area contributed by atoms with Crippen molar-refractivity contribution in [2.24, 2.45) is 4.99 Å². The van der Waals surface area contributed by atoms with Crippen molar-refractivity contribution >= 4 is 6.21 Å². The van der Waals surface area contributed by atoms with Gasteiger partial charge >= 0.3 is 0 Å². The Bertz CT molecular complexity index is 399. The molecule has 1 aliphatic heterocycles. The van der Waals surface area contributed by atoms with E-state index in [1.807, 2.05) is 18.3 Å². The van der Waals surface area contributed by atoms with Crippen LogP contribution in [0.5, 0.6) is 11.5 Å². The van der Waals surface area contributed by atoms with Gasteiger partial charge in [0, 0.05) is 6.21 Å². The van der Waals surface area contributed by atoms with E-state index in [4.69, 9.17) is 9.47 Å². The van der Waals surface area contributed by atoms with Gasteiger partial charge in [0.05, 0.1) is 20.3 Å². The Morgan fingerprint density at radius 3 is 2.53 bits per heavy atom. The van der Waals surface area contributed by atoms with E-state index in [0.717, 1.165) is 23.5 Å².